The lowest BCUT2D eigenvalue weighted by atomic mass is 9.86. The molecule has 11 rings (SSSR count). The number of nitrogens with zero attached hydrogens (tertiary/aromatic N) is 1. The van der Waals surface area contributed by atoms with Crippen LogP contribution in [0.5, 0.6) is 0 Å². The van der Waals surface area contributed by atoms with E-state index in [1.807, 2.05) is 42.5 Å². The summed E-state index contributed by atoms with van der Waals surface area (Å²) < 4.78 is 0. The van der Waals surface area contributed by atoms with Gasteiger partial charge < -0.3 is 5.73 Å². The van der Waals surface area contributed by atoms with Crippen molar-refractivity contribution in [1.29, 1.82) is 10.8 Å². The van der Waals surface area contributed by atoms with Gasteiger partial charge in [0.25, 0.3) is 0 Å². The van der Waals surface area contributed by atoms with Crippen molar-refractivity contribution in [3.05, 3.63) is 230 Å². The molecule has 0 unspecified atom stereocenters. The number of anilines is 1. The zero-order chi connectivity index (χ0) is 41.3. The first-order valence-corrected chi connectivity index (χ1v) is 20.4. The number of hydrogen-bond donors (Lipinski definition) is 3. The Kier molecular flexibility index (Phi) is 9.64. The zero-order valence-electron chi connectivity index (χ0n) is 33.3. The highest BCUT2D eigenvalue weighted by Gasteiger charge is 2.19. The van der Waals surface area contributed by atoms with Crippen molar-refractivity contribution in [2.24, 2.45) is 0 Å². The molecule has 4 N–H and O–H groups in total. The summed E-state index contributed by atoms with van der Waals surface area (Å²) in [5, 5.41) is 27.0. The van der Waals surface area contributed by atoms with E-state index >= 15 is 0 Å². The molecule has 1 aromatic heterocycles. The van der Waals surface area contributed by atoms with E-state index in [2.05, 4.69) is 169 Å². The molecule has 0 radical (unpaired) electrons. The highest BCUT2D eigenvalue weighted by molar-refractivity contribution is 6.61. The molecule has 10 aromatic rings. The first-order chi connectivity index (χ1) is 29.9. The number of nitrogens with two attached hydrogens (primary N) is 1. The van der Waals surface area contributed by atoms with Crippen LogP contribution in [-0.4, -0.2) is 16.4 Å². The fraction of sp³-hybridized carbons (Fsp3) is 0. The van der Waals surface area contributed by atoms with Crippen LogP contribution >= 0.6 is 0 Å². The quantitative estimate of drug-likeness (QED) is 0.120. The molecule has 0 amide bonds. The summed E-state index contributed by atoms with van der Waals surface area (Å²) in [5.41, 5.74) is 17.7. The minimum atomic E-state index is 0.223. The van der Waals surface area contributed by atoms with Crippen LogP contribution in [0.2, 0.25) is 0 Å². The number of aromatic nitrogens is 1. The summed E-state index contributed by atoms with van der Waals surface area (Å²) in [4.78, 5) is 3.96. The summed E-state index contributed by atoms with van der Waals surface area (Å²) >= 11 is 0. The number of nitrogen functional groups attached to an aromatic ring is 1. The van der Waals surface area contributed by atoms with Gasteiger partial charge in [-0.05, 0) is 166 Å². The van der Waals surface area contributed by atoms with Gasteiger partial charge in [-0.3, -0.25) is 15.8 Å². The molecule has 1 aliphatic rings. The van der Waals surface area contributed by atoms with Crippen LogP contribution in [0.1, 0.15) is 11.1 Å². The highest BCUT2D eigenvalue weighted by Crippen LogP contribution is 2.34. The fourth-order valence-electron chi connectivity index (χ4n) is 8.23. The lowest BCUT2D eigenvalue weighted by Crippen LogP contribution is -2.15. The number of nitrogens with one attached hydrogen (secondary N) is 2. The summed E-state index contributed by atoms with van der Waals surface area (Å²) in [6, 6.07) is 67.9. The Labute approximate surface area is 354 Å². The molecule has 4 nitrogen and oxygen atoms in total. The van der Waals surface area contributed by atoms with E-state index in [1.54, 1.807) is 12.4 Å². The average molecular weight is 781 g/mol. The van der Waals surface area contributed by atoms with E-state index in [4.69, 9.17) is 16.6 Å². The van der Waals surface area contributed by atoms with E-state index in [0.717, 1.165) is 55.2 Å². The maximum absolute atomic E-state index is 8.81. The maximum atomic E-state index is 8.81. The van der Waals surface area contributed by atoms with Gasteiger partial charge in [-0.25, -0.2) is 0 Å². The molecule has 1 heterocycles. The summed E-state index contributed by atoms with van der Waals surface area (Å²) in [5.74, 6) is 0. The average Bonchev–Trinajstić information content (AvgIpc) is 3.32. The second-order valence-electron chi connectivity index (χ2n) is 15.5. The topological polar surface area (TPSA) is 86.6 Å². The van der Waals surface area contributed by atoms with Gasteiger partial charge in [0.2, 0.25) is 0 Å². The Morgan fingerprint density at radius 3 is 1.26 bits per heavy atom. The molecule has 0 atom stereocenters. The Hall–Kier alpha value is -8.21. The molecule has 0 fully saturated rings. The van der Waals surface area contributed by atoms with Crippen LogP contribution in [0.4, 0.5) is 5.69 Å². The van der Waals surface area contributed by atoms with Crippen LogP contribution < -0.4 is 5.73 Å². The van der Waals surface area contributed by atoms with Gasteiger partial charge in [-0.1, -0.05) is 133 Å². The standard InChI is InChI=1S/C46H30N2.C11H10N2/c47-45-28-43(41-18-17-37-23-35(13-14-38(37)25-41)33-11-9-29-5-1-3-7-31(29)21-33)27-44(46(45)48)42-20-19-39-24-36(15-16-40(39)26-42)34-12-10-30-6-2-4-8-32(30)22-34;12-11-3-1-2-10(8-11)9-4-6-13-7-5-9/h1-28,47-48H;1-8H,12H2. The molecule has 0 spiro atoms. The van der Waals surface area contributed by atoms with Crippen molar-refractivity contribution in [3.63, 3.8) is 0 Å². The zero-order valence-corrected chi connectivity index (χ0v) is 33.3. The maximum Gasteiger partial charge on any atom is 0.0867 e. The van der Waals surface area contributed by atoms with Crippen LogP contribution in [0.15, 0.2) is 219 Å². The van der Waals surface area contributed by atoms with Crippen LogP contribution in [0.25, 0.3) is 87.6 Å². The van der Waals surface area contributed by atoms with Gasteiger partial charge in [0.15, 0.2) is 0 Å². The number of benzene rings is 9. The smallest absolute Gasteiger partial charge is 0.0867 e. The highest BCUT2D eigenvalue weighted by atomic mass is 14.6. The van der Waals surface area contributed by atoms with Crippen LogP contribution in [0, 0.1) is 10.8 Å². The molecular formula is C57H40N4. The Balaban J connectivity index is 0.000000293. The van der Waals surface area contributed by atoms with Crippen LogP contribution in [-0.2, 0) is 0 Å². The minimum Gasteiger partial charge on any atom is -0.399 e. The Morgan fingerprint density at radius 2 is 0.738 bits per heavy atom. The first kappa shape index (κ1) is 37.1. The minimum absolute atomic E-state index is 0.223. The molecule has 61 heavy (non-hydrogen) atoms. The fourth-order valence-corrected chi connectivity index (χ4v) is 8.23. The SMILES string of the molecule is N=C1C=C(c2ccc3cc(-c4ccc5ccccc5c4)ccc3c2)C=C(c2ccc3cc(-c4ccc5ccccc5c4)ccc3c2)C1=N.Nc1cccc(-c2ccncc2)c1. The summed E-state index contributed by atoms with van der Waals surface area (Å²) in [6.45, 7) is 0. The van der Waals surface area contributed by atoms with Gasteiger partial charge in [-0.2, -0.15) is 0 Å². The van der Waals surface area contributed by atoms with Crippen molar-refractivity contribution in [3.8, 4) is 33.4 Å². The molecule has 0 saturated heterocycles. The second-order valence-corrected chi connectivity index (χ2v) is 15.5. The van der Waals surface area contributed by atoms with Gasteiger partial charge in [0.1, 0.15) is 0 Å². The van der Waals surface area contributed by atoms with Crippen molar-refractivity contribution in [1.82, 2.24) is 4.98 Å². The van der Waals surface area contributed by atoms with Gasteiger partial charge >= 0.3 is 0 Å². The van der Waals surface area contributed by atoms with Crippen LogP contribution in [0.3, 0.4) is 0 Å². The Bertz CT molecular complexity index is 3410. The van der Waals surface area contributed by atoms with E-state index in [-0.39, 0.29) is 11.4 Å². The van der Waals surface area contributed by atoms with Crippen molar-refractivity contribution < 1.29 is 0 Å². The predicted octanol–water partition coefficient (Wildman–Crippen LogP) is 14.5. The summed E-state index contributed by atoms with van der Waals surface area (Å²) in [7, 11) is 0. The molecule has 0 saturated carbocycles. The predicted molar refractivity (Wildman–Crippen MR) is 259 cm³/mol. The molecule has 0 bridgehead atoms. The number of fused-ring (bicyclic) bond motifs is 4. The van der Waals surface area contributed by atoms with E-state index in [0.29, 0.717) is 0 Å². The molecule has 1 aliphatic carbocycles. The monoisotopic (exact) mass is 780 g/mol. The Morgan fingerprint density at radius 1 is 0.328 bits per heavy atom. The third-order valence-corrected chi connectivity index (χ3v) is 11.5. The number of allylic oxidation sites excluding steroid dienone is 4. The number of pyridine rings is 1. The lowest BCUT2D eigenvalue weighted by Gasteiger charge is -2.18. The molecule has 9 aromatic carbocycles. The number of hydrogen-bond acceptors (Lipinski definition) is 4. The largest absolute Gasteiger partial charge is 0.399 e. The van der Waals surface area contributed by atoms with E-state index < -0.39 is 0 Å². The van der Waals surface area contributed by atoms with Gasteiger partial charge in [0.05, 0.1) is 11.4 Å². The van der Waals surface area contributed by atoms with Crippen molar-refractivity contribution >= 4 is 71.3 Å². The van der Waals surface area contributed by atoms with Gasteiger partial charge in [-0.15, -0.1) is 0 Å². The number of rotatable bonds is 5. The van der Waals surface area contributed by atoms with Crippen molar-refractivity contribution in [2.75, 3.05) is 5.73 Å². The second kappa shape index (κ2) is 15.9. The third-order valence-electron chi connectivity index (χ3n) is 11.5. The molecule has 0 aliphatic heterocycles. The summed E-state index contributed by atoms with van der Waals surface area (Å²) in [6.07, 6.45) is 7.43. The first-order valence-electron chi connectivity index (χ1n) is 20.4. The van der Waals surface area contributed by atoms with E-state index in [1.165, 1.54) is 49.2 Å². The molecular weight excluding hydrogens is 741 g/mol. The van der Waals surface area contributed by atoms with E-state index in [9.17, 15) is 0 Å². The van der Waals surface area contributed by atoms with Crippen molar-refractivity contribution in [2.45, 2.75) is 0 Å². The normalized spacial score (nSPS) is 12.6. The third kappa shape index (κ3) is 7.62. The lowest BCUT2D eigenvalue weighted by molar-refractivity contribution is 1.33. The van der Waals surface area contributed by atoms with Gasteiger partial charge in [0, 0.05) is 23.7 Å². The molecule has 288 valence electrons. The molecule has 4 heteroatoms.